The molecule has 1 aromatic rings. The highest BCUT2D eigenvalue weighted by Crippen LogP contribution is 2.30. The Morgan fingerprint density at radius 1 is 1.40 bits per heavy atom. The highest BCUT2D eigenvalue weighted by Gasteiger charge is 2.31. The summed E-state index contributed by atoms with van der Waals surface area (Å²) in [5.41, 5.74) is 2.50. The first-order chi connectivity index (χ1) is 9.50. The molecule has 0 bridgehead atoms. The molecule has 1 fully saturated rings. The van der Waals surface area contributed by atoms with E-state index in [1.807, 2.05) is 0 Å². The third-order valence-electron chi connectivity index (χ3n) is 3.76. The Balaban J connectivity index is 1.95. The van der Waals surface area contributed by atoms with Crippen molar-refractivity contribution in [3.05, 3.63) is 29.3 Å². The van der Waals surface area contributed by atoms with Gasteiger partial charge in [-0.3, -0.25) is 0 Å². The quantitative estimate of drug-likeness (QED) is 0.864. The molecule has 0 spiro atoms. The molecule has 1 saturated heterocycles. The number of aryl methyl sites for hydroxylation is 1. The van der Waals surface area contributed by atoms with E-state index in [0.29, 0.717) is 6.61 Å². The SMILES string of the molecule is CCNCc1cc(C)ccc1OCC1CCC(C)(C)O1. The van der Waals surface area contributed by atoms with Crippen molar-refractivity contribution >= 4 is 0 Å². The van der Waals surface area contributed by atoms with Crippen molar-refractivity contribution < 1.29 is 9.47 Å². The zero-order chi connectivity index (χ0) is 14.6. The lowest BCUT2D eigenvalue weighted by atomic mass is 10.1. The van der Waals surface area contributed by atoms with Crippen LogP contribution in [0.1, 0.15) is 44.7 Å². The molecule has 1 aliphatic heterocycles. The molecular formula is C17H27NO2. The van der Waals surface area contributed by atoms with Crippen molar-refractivity contribution in [1.82, 2.24) is 5.32 Å². The molecule has 2 rings (SSSR count). The second-order valence-corrected chi connectivity index (χ2v) is 6.24. The second-order valence-electron chi connectivity index (χ2n) is 6.24. The number of hydrogen-bond donors (Lipinski definition) is 1. The molecule has 3 heteroatoms. The van der Waals surface area contributed by atoms with Crippen LogP contribution in [-0.4, -0.2) is 24.9 Å². The van der Waals surface area contributed by atoms with E-state index in [0.717, 1.165) is 31.7 Å². The zero-order valence-corrected chi connectivity index (χ0v) is 13.2. The number of nitrogens with one attached hydrogen (secondary N) is 1. The minimum Gasteiger partial charge on any atom is -0.491 e. The molecule has 0 aromatic heterocycles. The van der Waals surface area contributed by atoms with Gasteiger partial charge in [0.15, 0.2) is 0 Å². The molecular weight excluding hydrogens is 250 g/mol. The highest BCUT2D eigenvalue weighted by molar-refractivity contribution is 5.36. The summed E-state index contributed by atoms with van der Waals surface area (Å²) >= 11 is 0. The maximum Gasteiger partial charge on any atom is 0.123 e. The Morgan fingerprint density at radius 2 is 2.20 bits per heavy atom. The molecule has 112 valence electrons. The standard InChI is InChI=1S/C17H27NO2/c1-5-18-11-14-10-13(2)6-7-16(14)19-12-15-8-9-17(3,4)20-15/h6-7,10,15,18H,5,8-9,11-12H2,1-4H3. The predicted octanol–water partition coefficient (Wildman–Crippen LogP) is 3.44. The van der Waals surface area contributed by atoms with Gasteiger partial charge in [-0.05, 0) is 46.2 Å². The second kappa shape index (κ2) is 6.59. The van der Waals surface area contributed by atoms with Crippen LogP contribution in [0.15, 0.2) is 18.2 Å². The van der Waals surface area contributed by atoms with Crippen molar-refractivity contribution in [1.29, 1.82) is 0 Å². The first-order valence-corrected chi connectivity index (χ1v) is 7.61. The van der Waals surface area contributed by atoms with E-state index in [2.05, 4.69) is 51.2 Å². The van der Waals surface area contributed by atoms with Gasteiger partial charge in [0, 0.05) is 12.1 Å². The molecule has 0 aliphatic carbocycles. The number of rotatable bonds is 6. The van der Waals surface area contributed by atoms with Crippen LogP contribution in [0.5, 0.6) is 5.75 Å². The van der Waals surface area contributed by atoms with Gasteiger partial charge in [-0.25, -0.2) is 0 Å². The summed E-state index contributed by atoms with van der Waals surface area (Å²) in [5.74, 6) is 0.977. The van der Waals surface area contributed by atoms with Gasteiger partial charge in [0.25, 0.3) is 0 Å². The first kappa shape index (κ1) is 15.3. The summed E-state index contributed by atoms with van der Waals surface area (Å²) in [7, 11) is 0. The molecule has 1 N–H and O–H groups in total. The fourth-order valence-corrected chi connectivity index (χ4v) is 2.62. The van der Waals surface area contributed by atoms with Crippen molar-refractivity contribution in [2.45, 2.75) is 58.8 Å². The number of ether oxygens (including phenoxy) is 2. The van der Waals surface area contributed by atoms with Crippen LogP contribution in [-0.2, 0) is 11.3 Å². The lowest BCUT2D eigenvalue weighted by Crippen LogP contribution is -2.24. The van der Waals surface area contributed by atoms with E-state index in [1.54, 1.807) is 0 Å². The largest absolute Gasteiger partial charge is 0.491 e. The minimum atomic E-state index is 0.00784. The summed E-state index contributed by atoms with van der Waals surface area (Å²) < 4.78 is 12.0. The van der Waals surface area contributed by atoms with Gasteiger partial charge >= 0.3 is 0 Å². The van der Waals surface area contributed by atoms with Crippen LogP contribution in [0.3, 0.4) is 0 Å². The lowest BCUT2D eigenvalue weighted by Gasteiger charge is -2.20. The van der Waals surface area contributed by atoms with Gasteiger partial charge in [0.2, 0.25) is 0 Å². The zero-order valence-electron chi connectivity index (χ0n) is 13.2. The average Bonchev–Trinajstić information content (AvgIpc) is 2.75. The molecule has 1 atom stereocenters. The normalized spacial score (nSPS) is 21.1. The Hall–Kier alpha value is -1.06. The molecule has 3 nitrogen and oxygen atoms in total. The Kier molecular flexibility index (Phi) is 5.06. The summed E-state index contributed by atoms with van der Waals surface area (Å²) in [5, 5.41) is 3.36. The fourth-order valence-electron chi connectivity index (χ4n) is 2.62. The third kappa shape index (κ3) is 4.22. The molecule has 0 amide bonds. The van der Waals surface area contributed by atoms with Crippen molar-refractivity contribution in [2.24, 2.45) is 0 Å². The van der Waals surface area contributed by atoms with E-state index in [9.17, 15) is 0 Å². The molecule has 1 aromatic carbocycles. The third-order valence-corrected chi connectivity index (χ3v) is 3.76. The van der Waals surface area contributed by atoms with E-state index >= 15 is 0 Å². The van der Waals surface area contributed by atoms with E-state index in [4.69, 9.17) is 9.47 Å². The van der Waals surface area contributed by atoms with Crippen LogP contribution in [0.25, 0.3) is 0 Å². The highest BCUT2D eigenvalue weighted by atomic mass is 16.6. The molecule has 1 unspecified atom stereocenters. The van der Waals surface area contributed by atoms with Gasteiger partial charge in [0.05, 0.1) is 11.7 Å². The summed E-state index contributed by atoms with van der Waals surface area (Å²) in [4.78, 5) is 0. The van der Waals surface area contributed by atoms with E-state index in [-0.39, 0.29) is 11.7 Å². The van der Waals surface area contributed by atoms with E-state index < -0.39 is 0 Å². The van der Waals surface area contributed by atoms with E-state index in [1.165, 1.54) is 11.1 Å². The topological polar surface area (TPSA) is 30.5 Å². The number of benzene rings is 1. The molecule has 1 aliphatic rings. The Morgan fingerprint density at radius 3 is 2.85 bits per heavy atom. The maximum atomic E-state index is 6.00. The van der Waals surface area contributed by atoms with Crippen LogP contribution >= 0.6 is 0 Å². The lowest BCUT2D eigenvalue weighted by molar-refractivity contribution is -0.0327. The van der Waals surface area contributed by atoms with Crippen LogP contribution in [0, 0.1) is 6.92 Å². The van der Waals surface area contributed by atoms with Gasteiger partial charge in [-0.15, -0.1) is 0 Å². The monoisotopic (exact) mass is 277 g/mol. The number of hydrogen-bond acceptors (Lipinski definition) is 3. The van der Waals surface area contributed by atoms with Crippen LogP contribution in [0.2, 0.25) is 0 Å². The van der Waals surface area contributed by atoms with Crippen molar-refractivity contribution in [3.8, 4) is 5.75 Å². The predicted molar refractivity (Wildman–Crippen MR) is 82.2 cm³/mol. The smallest absolute Gasteiger partial charge is 0.123 e. The average molecular weight is 277 g/mol. The summed E-state index contributed by atoms with van der Waals surface area (Å²) in [6.45, 7) is 11.0. The molecule has 0 radical (unpaired) electrons. The van der Waals surface area contributed by atoms with Crippen molar-refractivity contribution in [3.63, 3.8) is 0 Å². The van der Waals surface area contributed by atoms with Crippen molar-refractivity contribution in [2.75, 3.05) is 13.2 Å². The van der Waals surface area contributed by atoms with Crippen LogP contribution < -0.4 is 10.1 Å². The summed E-state index contributed by atoms with van der Waals surface area (Å²) in [6.07, 6.45) is 2.42. The maximum absolute atomic E-state index is 6.00. The Bertz CT molecular complexity index is 443. The van der Waals surface area contributed by atoms with Gasteiger partial charge in [0.1, 0.15) is 12.4 Å². The fraction of sp³-hybridized carbons (Fsp3) is 0.647. The van der Waals surface area contributed by atoms with Gasteiger partial charge in [-0.2, -0.15) is 0 Å². The van der Waals surface area contributed by atoms with Gasteiger partial charge < -0.3 is 14.8 Å². The first-order valence-electron chi connectivity index (χ1n) is 7.61. The Labute approximate surface area is 122 Å². The minimum absolute atomic E-state index is 0.00784. The van der Waals surface area contributed by atoms with Crippen LogP contribution in [0.4, 0.5) is 0 Å². The molecule has 0 saturated carbocycles. The summed E-state index contributed by atoms with van der Waals surface area (Å²) in [6, 6.07) is 6.36. The van der Waals surface area contributed by atoms with Gasteiger partial charge in [-0.1, -0.05) is 24.6 Å². The molecule has 20 heavy (non-hydrogen) atoms. The molecule has 1 heterocycles.